The first kappa shape index (κ1) is 29.7. The molecular formula is C12H27ClN4O4Zn. The van der Waals surface area contributed by atoms with Crippen molar-refractivity contribution in [2.75, 3.05) is 13.1 Å². The van der Waals surface area contributed by atoms with Gasteiger partial charge in [0.25, 0.3) is 0 Å². The number of rotatable bonds is 10. The number of carbonyl (C=O) groups is 2. The molecule has 22 heavy (non-hydrogen) atoms. The van der Waals surface area contributed by atoms with Crippen molar-refractivity contribution < 1.29 is 39.3 Å². The van der Waals surface area contributed by atoms with Gasteiger partial charge in [0.2, 0.25) is 0 Å². The normalized spacial score (nSPS) is 11.8. The monoisotopic (exact) mass is 390 g/mol. The van der Waals surface area contributed by atoms with E-state index in [1.807, 2.05) is 0 Å². The smallest absolute Gasteiger partial charge is 0.548 e. The van der Waals surface area contributed by atoms with Crippen LogP contribution in [0.2, 0.25) is 0 Å². The summed E-state index contributed by atoms with van der Waals surface area (Å²) in [6.45, 7) is 1.17. The van der Waals surface area contributed by atoms with Crippen LogP contribution in [0.25, 0.3) is 0 Å². The SMILES string of the molecule is Cl.NCCCC[C@H](N)C(=O)[O-].NCCCC[C@H](N)C(=O)[O-].[Zn+2]. The first-order valence-corrected chi connectivity index (χ1v) is 6.69. The first-order valence-electron chi connectivity index (χ1n) is 6.69. The number of hydrogen-bond acceptors (Lipinski definition) is 8. The summed E-state index contributed by atoms with van der Waals surface area (Å²) in [4.78, 5) is 20.1. The molecule has 0 radical (unpaired) electrons. The number of nitrogens with two attached hydrogens (primary N) is 4. The van der Waals surface area contributed by atoms with Crippen LogP contribution in [0.5, 0.6) is 0 Å². The van der Waals surface area contributed by atoms with E-state index in [2.05, 4.69) is 0 Å². The average Bonchev–Trinajstić information content (AvgIpc) is 2.39. The van der Waals surface area contributed by atoms with E-state index in [-0.39, 0.29) is 31.9 Å². The fourth-order valence-electron chi connectivity index (χ4n) is 1.25. The molecule has 8 nitrogen and oxygen atoms in total. The van der Waals surface area contributed by atoms with Crippen LogP contribution in [0.4, 0.5) is 0 Å². The van der Waals surface area contributed by atoms with Crippen molar-refractivity contribution in [3.05, 3.63) is 0 Å². The predicted molar refractivity (Wildman–Crippen MR) is 79.0 cm³/mol. The van der Waals surface area contributed by atoms with Crippen LogP contribution in [-0.4, -0.2) is 37.1 Å². The van der Waals surface area contributed by atoms with Gasteiger partial charge in [0.1, 0.15) is 0 Å². The van der Waals surface area contributed by atoms with E-state index in [1.54, 1.807) is 0 Å². The molecule has 0 aliphatic heterocycles. The molecule has 0 unspecified atom stereocenters. The summed E-state index contributed by atoms with van der Waals surface area (Å²) in [5, 5.41) is 20.1. The van der Waals surface area contributed by atoms with Crippen LogP contribution < -0.4 is 33.1 Å². The molecule has 2 atom stereocenters. The maximum atomic E-state index is 10.0. The number of hydrogen-bond donors (Lipinski definition) is 4. The van der Waals surface area contributed by atoms with Gasteiger partial charge in [0, 0.05) is 12.1 Å². The molecule has 0 fully saturated rings. The van der Waals surface area contributed by atoms with Crippen molar-refractivity contribution in [3.63, 3.8) is 0 Å². The van der Waals surface area contributed by atoms with Gasteiger partial charge >= 0.3 is 19.5 Å². The molecule has 0 aromatic rings. The van der Waals surface area contributed by atoms with Gasteiger partial charge in [-0.25, -0.2) is 0 Å². The molecule has 0 aromatic carbocycles. The molecule has 0 heterocycles. The Morgan fingerprint density at radius 1 is 0.773 bits per heavy atom. The third-order valence-electron chi connectivity index (χ3n) is 2.54. The molecule has 0 amide bonds. The zero-order valence-corrected chi connectivity index (χ0v) is 16.7. The summed E-state index contributed by atoms with van der Waals surface area (Å²) in [6.07, 6.45) is 4.07. The summed E-state index contributed by atoms with van der Waals surface area (Å²) in [7, 11) is 0. The van der Waals surface area contributed by atoms with E-state index in [0.29, 0.717) is 25.9 Å². The Labute approximate surface area is 150 Å². The Bertz CT molecular complexity index is 250. The third-order valence-corrected chi connectivity index (χ3v) is 2.54. The van der Waals surface area contributed by atoms with Crippen LogP contribution >= 0.6 is 12.4 Å². The Morgan fingerprint density at radius 2 is 1.05 bits per heavy atom. The Kier molecular flexibility index (Phi) is 27.9. The zero-order valence-electron chi connectivity index (χ0n) is 12.9. The number of aliphatic carboxylic acids is 2. The second kappa shape index (κ2) is 20.7. The minimum absolute atomic E-state index is 0. The molecule has 0 bridgehead atoms. The average molecular weight is 392 g/mol. The standard InChI is InChI=1S/2C6H14N2O2.ClH.Zn/c2*7-4-2-1-3-5(8)6(9)10;;/h2*5H,1-4,7-8H2,(H,9,10);1H;/q;;;+2/p-2/t2*5-;;/m00../s1. The van der Waals surface area contributed by atoms with E-state index in [0.717, 1.165) is 25.7 Å². The first-order chi connectivity index (χ1) is 9.36. The molecule has 8 N–H and O–H groups in total. The fraction of sp³-hybridized carbons (Fsp3) is 0.833. The number of carboxylic acids is 2. The molecule has 0 saturated carbocycles. The summed E-state index contributed by atoms with van der Waals surface area (Å²) in [5.74, 6) is -2.37. The maximum absolute atomic E-state index is 10.0. The van der Waals surface area contributed by atoms with Crippen molar-refractivity contribution in [2.24, 2.45) is 22.9 Å². The molecule has 0 aliphatic carbocycles. The molecule has 0 saturated heterocycles. The van der Waals surface area contributed by atoms with E-state index in [9.17, 15) is 19.8 Å². The van der Waals surface area contributed by atoms with Crippen molar-refractivity contribution in [3.8, 4) is 0 Å². The Balaban J connectivity index is -0.000000135. The van der Waals surface area contributed by atoms with Gasteiger partial charge in [-0.3, -0.25) is 0 Å². The number of carboxylic acid groups (broad SMARTS) is 2. The van der Waals surface area contributed by atoms with Crippen molar-refractivity contribution in [1.29, 1.82) is 0 Å². The third kappa shape index (κ3) is 22.0. The van der Waals surface area contributed by atoms with E-state index in [1.165, 1.54) is 0 Å². The van der Waals surface area contributed by atoms with Gasteiger partial charge < -0.3 is 42.7 Å². The Morgan fingerprint density at radius 3 is 1.23 bits per heavy atom. The van der Waals surface area contributed by atoms with Crippen LogP contribution in [0.1, 0.15) is 38.5 Å². The van der Waals surface area contributed by atoms with Crippen LogP contribution in [0, 0.1) is 0 Å². The summed E-state index contributed by atoms with van der Waals surface area (Å²) in [5.41, 5.74) is 20.7. The minimum Gasteiger partial charge on any atom is -0.548 e. The molecule has 128 valence electrons. The summed E-state index contributed by atoms with van der Waals surface area (Å²) in [6, 6.07) is -1.65. The fourth-order valence-corrected chi connectivity index (χ4v) is 1.25. The quantitative estimate of drug-likeness (QED) is 0.221. The van der Waals surface area contributed by atoms with Crippen LogP contribution in [-0.2, 0) is 29.1 Å². The van der Waals surface area contributed by atoms with E-state index < -0.39 is 24.0 Å². The summed E-state index contributed by atoms with van der Waals surface area (Å²) >= 11 is 0. The molecule has 0 rings (SSSR count). The van der Waals surface area contributed by atoms with E-state index >= 15 is 0 Å². The van der Waals surface area contributed by atoms with Gasteiger partial charge in [-0.2, -0.15) is 0 Å². The number of unbranched alkanes of at least 4 members (excludes halogenated alkanes) is 2. The maximum Gasteiger partial charge on any atom is 2.00 e. The van der Waals surface area contributed by atoms with Gasteiger partial charge in [-0.15, -0.1) is 12.4 Å². The van der Waals surface area contributed by atoms with Gasteiger partial charge in [-0.1, -0.05) is 12.8 Å². The second-order valence-corrected chi connectivity index (χ2v) is 4.42. The topological polar surface area (TPSA) is 184 Å². The second-order valence-electron chi connectivity index (χ2n) is 4.42. The van der Waals surface area contributed by atoms with Crippen molar-refractivity contribution in [1.82, 2.24) is 0 Å². The van der Waals surface area contributed by atoms with Crippen molar-refractivity contribution in [2.45, 2.75) is 50.6 Å². The molecule has 10 heteroatoms. The van der Waals surface area contributed by atoms with Crippen LogP contribution in [0.15, 0.2) is 0 Å². The molecule has 0 aromatic heterocycles. The number of halogens is 1. The van der Waals surface area contributed by atoms with Gasteiger partial charge in [-0.05, 0) is 38.8 Å². The van der Waals surface area contributed by atoms with Gasteiger partial charge in [0.05, 0.1) is 11.9 Å². The minimum atomic E-state index is -1.18. The molecular weight excluding hydrogens is 365 g/mol. The Hall–Kier alpha value is -0.307. The van der Waals surface area contributed by atoms with Crippen molar-refractivity contribution >= 4 is 24.3 Å². The number of carbonyl (C=O) groups excluding carboxylic acids is 2. The van der Waals surface area contributed by atoms with Crippen LogP contribution in [0.3, 0.4) is 0 Å². The largest absolute Gasteiger partial charge is 2.00 e. The zero-order chi connectivity index (χ0) is 16.0. The van der Waals surface area contributed by atoms with E-state index in [4.69, 9.17) is 22.9 Å². The molecule has 0 aliphatic rings. The predicted octanol–water partition coefficient (Wildman–Crippen LogP) is -3.20. The van der Waals surface area contributed by atoms with Gasteiger partial charge in [0.15, 0.2) is 0 Å². The summed E-state index contributed by atoms with van der Waals surface area (Å²) < 4.78 is 0. The molecule has 0 spiro atoms.